The van der Waals surface area contributed by atoms with E-state index in [0.29, 0.717) is 6.42 Å². The Morgan fingerprint density at radius 2 is 1.92 bits per heavy atom. The average molecular weight is 316 g/mol. The summed E-state index contributed by atoms with van der Waals surface area (Å²) in [5, 5.41) is 10.1. The van der Waals surface area contributed by atoms with Gasteiger partial charge in [0, 0.05) is 18.2 Å². The summed E-state index contributed by atoms with van der Waals surface area (Å²) in [7, 11) is 0. The molecule has 4 heteroatoms. The molecule has 1 heterocycles. The Kier molecular flexibility index (Phi) is 4.17. The van der Waals surface area contributed by atoms with E-state index < -0.39 is 11.6 Å². The van der Waals surface area contributed by atoms with Crippen molar-refractivity contribution < 1.29 is 9.53 Å². The van der Waals surface area contributed by atoms with E-state index >= 15 is 0 Å². The number of hydrogen-bond donors (Lipinski definition) is 0. The zero-order valence-corrected chi connectivity index (χ0v) is 13.1. The minimum Gasteiger partial charge on any atom is -0.419 e. The van der Waals surface area contributed by atoms with Gasteiger partial charge >= 0.3 is 6.09 Å². The van der Waals surface area contributed by atoms with Crippen LogP contribution in [0.4, 0.5) is 4.79 Å². The molecular weight excluding hydrogens is 300 g/mol. The summed E-state index contributed by atoms with van der Waals surface area (Å²) in [5.41, 5.74) is 1.48. The number of fused-ring (bicyclic) bond motifs is 1. The topological polar surface area (TPSA) is 53.3 Å². The number of amides is 1. The van der Waals surface area contributed by atoms with Crippen LogP contribution in [-0.2, 0) is 16.7 Å². The second kappa shape index (κ2) is 6.43. The lowest BCUT2D eigenvalue weighted by molar-refractivity contribution is 0.121. The molecule has 1 aliphatic rings. The number of nitrogens with zero attached hydrogens (tertiary/aromatic N) is 2. The summed E-state index contributed by atoms with van der Waals surface area (Å²) in [4.78, 5) is 13.7. The van der Waals surface area contributed by atoms with Crippen LogP contribution in [0.15, 0.2) is 73.6 Å². The summed E-state index contributed by atoms with van der Waals surface area (Å²) in [5.74, 6) is 0. The minimum absolute atomic E-state index is 0.359. The molecule has 118 valence electrons. The van der Waals surface area contributed by atoms with Gasteiger partial charge in [-0.1, -0.05) is 61.2 Å². The Balaban J connectivity index is 2.15. The van der Waals surface area contributed by atoms with Gasteiger partial charge in [0.15, 0.2) is 5.54 Å². The van der Waals surface area contributed by atoms with Crippen LogP contribution in [0.1, 0.15) is 16.7 Å². The lowest BCUT2D eigenvalue weighted by Crippen LogP contribution is -2.48. The minimum atomic E-state index is -1.17. The summed E-state index contributed by atoms with van der Waals surface area (Å²) in [6.45, 7) is 3.42. The Bertz CT molecular complexity index is 836. The fraction of sp³-hybridized carbons (Fsp3) is 0.100. The van der Waals surface area contributed by atoms with Crippen molar-refractivity contribution in [1.82, 2.24) is 4.90 Å². The molecule has 0 radical (unpaired) electrons. The third-order valence-corrected chi connectivity index (χ3v) is 4.09. The normalized spacial score (nSPS) is 18.4. The third-order valence-electron chi connectivity index (χ3n) is 4.09. The van der Waals surface area contributed by atoms with Gasteiger partial charge in [0.25, 0.3) is 0 Å². The fourth-order valence-electron chi connectivity index (χ4n) is 3.00. The van der Waals surface area contributed by atoms with E-state index in [4.69, 9.17) is 4.74 Å². The second-order valence-electron chi connectivity index (χ2n) is 5.46. The van der Waals surface area contributed by atoms with E-state index in [9.17, 15) is 10.1 Å². The van der Waals surface area contributed by atoms with Crippen LogP contribution in [0.2, 0.25) is 0 Å². The first-order chi connectivity index (χ1) is 11.7. The molecule has 0 aromatic heterocycles. The van der Waals surface area contributed by atoms with E-state index in [0.717, 1.165) is 23.0 Å². The molecule has 0 bridgehead atoms. The van der Waals surface area contributed by atoms with Gasteiger partial charge in [-0.05, 0) is 17.2 Å². The maximum atomic E-state index is 12.4. The van der Waals surface area contributed by atoms with Crippen molar-refractivity contribution in [2.75, 3.05) is 0 Å². The number of hydrogen-bond acceptors (Lipinski definition) is 3. The fourth-order valence-corrected chi connectivity index (χ4v) is 3.00. The van der Waals surface area contributed by atoms with Crippen molar-refractivity contribution in [1.29, 1.82) is 5.26 Å². The van der Waals surface area contributed by atoms with E-state index in [1.165, 1.54) is 4.90 Å². The van der Waals surface area contributed by atoms with Crippen LogP contribution in [0.5, 0.6) is 0 Å². The van der Waals surface area contributed by atoms with Crippen molar-refractivity contribution in [3.8, 4) is 6.07 Å². The number of nitriles is 1. The van der Waals surface area contributed by atoms with Crippen LogP contribution in [0, 0.1) is 11.3 Å². The van der Waals surface area contributed by atoms with Gasteiger partial charge in [-0.2, -0.15) is 5.26 Å². The number of ether oxygens (including phenoxy) is 1. The van der Waals surface area contributed by atoms with Crippen molar-refractivity contribution in [2.24, 2.45) is 0 Å². The smallest absolute Gasteiger partial charge is 0.419 e. The number of carbonyl (C=O) groups is 1. The molecule has 1 amide bonds. The Morgan fingerprint density at radius 3 is 2.62 bits per heavy atom. The molecule has 24 heavy (non-hydrogen) atoms. The maximum Gasteiger partial charge on any atom is 0.420 e. The van der Waals surface area contributed by atoms with Gasteiger partial charge in [-0.25, -0.2) is 4.79 Å². The first kappa shape index (κ1) is 15.6. The molecule has 4 nitrogen and oxygen atoms in total. The van der Waals surface area contributed by atoms with Gasteiger partial charge in [0.05, 0.1) is 12.3 Å². The number of rotatable bonds is 3. The third kappa shape index (κ3) is 2.57. The van der Waals surface area contributed by atoms with Gasteiger partial charge < -0.3 is 4.74 Å². The highest BCUT2D eigenvalue weighted by molar-refractivity contribution is 5.76. The van der Waals surface area contributed by atoms with E-state index in [2.05, 4.69) is 12.6 Å². The molecule has 1 aliphatic heterocycles. The zero-order chi connectivity index (χ0) is 17.0. The molecule has 0 unspecified atom stereocenters. The van der Waals surface area contributed by atoms with Gasteiger partial charge in [0.1, 0.15) is 0 Å². The van der Waals surface area contributed by atoms with Crippen molar-refractivity contribution in [3.05, 3.63) is 90.3 Å². The van der Waals surface area contributed by atoms with Crippen molar-refractivity contribution in [3.63, 3.8) is 0 Å². The van der Waals surface area contributed by atoms with E-state index in [1.807, 2.05) is 54.6 Å². The Morgan fingerprint density at radius 1 is 1.21 bits per heavy atom. The monoisotopic (exact) mass is 316 g/mol. The van der Waals surface area contributed by atoms with E-state index in [-0.39, 0.29) is 0 Å². The summed E-state index contributed by atoms with van der Waals surface area (Å²) < 4.78 is 4.94. The molecule has 0 fully saturated rings. The van der Waals surface area contributed by atoms with Crippen LogP contribution >= 0.6 is 0 Å². The highest BCUT2D eigenvalue weighted by Crippen LogP contribution is 2.39. The number of benzene rings is 2. The lowest BCUT2D eigenvalue weighted by Gasteiger charge is -2.39. The molecule has 2 aromatic rings. The summed E-state index contributed by atoms with van der Waals surface area (Å²) >= 11 is 0. The zero-order valence-electron chi connectivity index (χ0n) is 13.1. The lowest BCUT2D eigenvalue weighted by atomic mass is 9.79. The molecular formula is C20H16N2O2. The molecule has 0 saturated carbocycles. The van der Waals surface area contributed by atoms with Gasteiger partial charge in [-0.3, -0.25) is 4.90 Å². The van der Waals surface area contributed by atoms with E-state index in [1.54, 1.807) is 12.3 Å². The van der Waals surface area contributed by atoms with Crippen molar-refractivity contribution >= 4 is 12.2 Å². The average Bonchev–Trinajstić information content (AvgIpc) is 2.63. The van der Waals surface area contributed by atoms with Crippen LogP contribution in [0.3, 0.4) is 0 Å². The predicted molar refractivity (Wildman–Crippen MR) is 91.4 cm³/mol. The Hall–Kier alpha value is -3.32. The molecule has 1 atom stereocenters. The first-order valence-corrected chi connectivity index (χ1v) is 7.55. The van der Waals surface area contributed by atoms with Crippen LogP contribution in [-0.4, -0.2) is 11.0 Å². The standard InChI is InChI=1S/C20H16N2O2/c1-2-24-19(23)22-13-12-17-10-6-7-11-18(17)20(22,15-21)14-16-8-4-3-5-9-16/h2-13H,1,14H2/t20-/m1/s1. The highest BCUT2D eigenvalue weighted by atomic mass is 16.5. The summed E-state index contributed by atoms with van der Waals surface area (Å²) in [6.07, 6.45) is 4.20. The Labute approximate surface area is 140 Å². The van der Waals surface area contributed by atoms with Crippen molar-refractivity contribution in [2.45, 2.75) is 12.0 Å². The molecule has 2 aromatic carbocycles. The maximum absolute atomic E-state index is 12.4. The molecule has 0 spiro atoms. The predicted octanol–water partition coefficient (Wildman–Crippen LogP) is 4.21. The molecule has 0 saturated heterocycles. The molecule has 0 aliphatic carbocycles. The molecule has 0 N–H and O–H groups in total. The molecule has 3 rings (SSSR count). The quantitative estimate of drug-likeness (QED) is 0.797. The largest absolute Gasteiger partial charge is 0.420 e. The SMILES string of the molecule is C=COC(=O)N1C=Cc2ccccc2[C@]1(C#N)Cc1ccccc1. The van der Waals surface area contributed by atoms with Gasteiger partial charge in [0.2, 0.25) is 0 Å². The second-order valence-corrected chi connectivity index (χ2v) is 5.46. The summed E-state index contributed by atoms with van der Waals surface area (Å²) in [6, 6.07) is 19.6. The highest BCUT2D eigenvalue weighted by Gasteiger charge is 2.44. The van der Waals surface area contributed by atoms with Crippen LogP contribution in [0.25, 0.3) is 6.08 Å². The first-order valence-electron chi connectivity index (χ1n) is 7.55. The van der Waals surface area contributed by atoms with Gasteiger partial charge in [-0.15, -0.1) is 0 Å². The number of carbonyl (C=O) groups excluding carboxylic acids is 1. The van der Waals surface area contributed by atoms with Crippen LogP contribution < -0.4 is 0 Å².